The van der Waals surface area contributed by atoms with Crippen molar-refractivity contribution in [2.75, 3.05) is 5.88 Å². The van der Waals surface area contributed by atoms with Crippen LogP contribution in [0.3, 0.4) is 0 Å². The average molecular weight is 239 g/mol. The SMILES string of the molecule is O=C(CCl)C1=COC(C2=CC=CCC2)=CO1. The number of carbonyl (C=O) groups is 1. The van der Waals surface area contributed by atoms with Gasteiger partial charge < -0.3 is 9.47 Å². The highest BCUT2D eigenvalue weighted by Crippen LogP contribution is 2.25. The summed E-state index contributed by atoms with van der Waals surface area (Å²) in [5, 5.41) is 0. The van der Waals surface area contributed by atoms with Gasteiger partial charge in [-0.2, -0.15) is 0 Å². The number of ether oxygens (including phenoxy) is 2. The number of allylic oxidation sites excluding steroid dienone is 5. The molecule has 2 rings (SSSR count). The maximum atomic E-state index is 11.2. The van der Waals surface area contributed by atoms with Crippen molar-refractivity contribution >= 4 is 17.4 Å². The van der Waals surface area contributed by atoms with E-state index >= 15 is 0 Å². The maximum Gasteiger partial charge on any atom is 0.215 e. The zero-order valence-electron chi connectivity index (χ0n) is 8.61. The maximum absolute atomic E-state index is 11.2. The normalized spacial score (nSPS) is 18.9. The summed E-state index contributed by atoms with van der Waals surface area (Å²) in [6.07, 6.45) is 10.7. The predicted octanol–water partition coefficient (Wildman–Crippen LogP) is 2.80. The Labute approximate surface area is 98.7 Å². The molecule has 0 spiro atoms. The molecule has 0 radical (unpaired) electrons. The molecule has 0 aromatic rings. The molecule has 0 amide bonds. The smallest absolute Gasteiger partial charge is 0.215 e. The lowest BCUT2D eigenvalue weighted by atomic mass is 10.0. The second-order valence-corrected chi connectivity index (χ2v) is 3.68. The summed E-state index contributed by atoms with van der Waals surface area (Å²) >= 11 is 5.40. The summed E-state index contributed by atoms with van der Waals surface area (Å²) in [5.74, 6) is 0.403. The van der Waals surface area contributed by atoms with Gasteiger partial charge in [-0.1, -0.05) is 18.2 Å². The fourth-order valence-electron chi connectivity index (χ4n) is 1.45. The van der Waals surface area contributed by atoms with Crippen molar-refractivity contribution in [3.8, 4) is 0 Å². The fraction of sp³-hybridized carbons (Fsp3) is 0.250. The first-order chi connectivity index (χ1) is 7.81. The predicted molar refractivity (Wildman–Crippen MR) is 60.5 cm³/mol. The first kappa shape index (κ1) is 11.0. The molecule has 0 N–H and O–H groups in total. The quantitative estimate of drug-likeness (QED) is 0.710. The van der Waals surface area contributed by atoms with Gasteiger partial charge in [0.15, 0.2) is 5.76 Å². The van der Waals surface area contributed by atoms with Crippen molar-refractivity contribution in [1.82, 2.24) is 0 Å². The Balaban J connectivity index is 2.03. The van der Waals surface area contributed by atoms with Crippen LogP contribution < -0.4 is 0 Å². The van der Waals surface area contributed by atoms with E-state index in [2.05, 4.69) is 6.08 Å². The molecule has 1 aliphatic carbocycles. The molecule has 2 aliphatic rings. The molecule has 0 aromatic carbocycles. The van der Waals surface area contributed by atoms with Crippen LogP contribution in [-0.2, 0) is 14.3 Å². The van der Waals surface area contributed by atoms with E-state index in [1.165, 1.54) is 12.5 Å². The van der Waals surface area contributed by atoms with Gasteiger partial charge in [-0.15, -0.1) is 11.6 Å². The van der Waals surface area contributed by atoms with E-state index in [1.807, 2.05) is 12.2 Å². The topological polar surface area (TPSA) is 35.5 Å². The lowest BCUT2D eigenvalue weighted by Gasteiger charge is -2.17. The number of Topliss-reactive ketones (excluding diaryl/α,β-unsaturated/α-hetero) is 1. The molecule has 0 aromatic heterocycles. The van der Waals surface area contributed by atoms with Gasteiger partial charge in [0.25, 0.3) is 0 Å². The van der Waals surface area contributed by atoms with Crippen molar-refractivity contribution in [2.45, 2.75) is 12.8 Å². The summed E-state index contributed by atoms with van der Waals surface area (Å²) in [6, 6.07) is 0. The average Bonchev–Trinajstić information content (AvgIpc) is 2.39. The minimum atomic E-state index is -0.283. The molecule has 84 valence electrons. The zero-order valence-corrected chi connectivity index (χ0v) is 9.37. The second-order valence-electron chi connectivity index (χ2n) is 3.42. The zero-order chi connectivity index (χ0) is 11.4. The number of carbonyl (C=O) groups excluding carboxylic acids is 1. The van der Waals surface area contributed by atoms with Crippen molar-refractivity contribution < 1.29 is 14.3 Å². The molecule has 16 heavy (non-hydrogen) atoms. The van der Waals surface area contributed by atoms with Crippen LogP contribution in [0.25, 0.3) is 0 Å². The molecule has 0 fully saturated rings. The standard InChI is InChI=1S/C12H11ClO3/c13-6-10(14)12-8-15-11(7-16-12)9-4-2-1-3-5-9/h1-2,4,7-8H,3,5-6H2. The highest BCUT2D eigenvalue weighted by molar-refractivity contribution is 6.30. The Morgan fingerprint density at radius 1 is 1.38 bits per heavy atom. The Kier molecular flexibility index (Phi) is 3.47. The van der Waals surface area contributed by atoms with Crippen molar-refractivity contribution in [3.05, 3.63) is 47.8 Å². The number of hydrogen-bond acceptors (Lipinski definition) is 3. The van der Waals surface area contributed by atoms with Crippen molar-refractivity contribution in [2.24, 2.45) is 0 Å². The van der Waals surface area contributed by atoms with Gasteiger partial charge in [-0.25, -0.2) is 0 Å². The molecular weight excluding hydrogens is 228 g/mol. The first-order valence-electron chi connectivity index (χ1n) is 5.00. The van der Waals surface area contributed by atoms with E-state index in [0.717, 1.165) is 18.4 Å². The highest BCUT2D eigenvalue weighted by atomic mass is 35.5. The lowest BCUT2D eigenvalue weighted by molar-refractivity contribution is -0.116. The van der Waals surface area contributed by atoms with Crippen LogP contribution >= 0.6 is 11.6 Å². The van der Waals surface area contributed by atoms with Crippen LogP contribution in [0.2, 0.25) is 0 Å². The third kappa shape index (κ3) is 2.36. The minimum Gasteiger partial charge on any atom is -0.457 e. The Morgan fingerprint density at radius 2 is 2.25 bits per heavy atom. The fourth-order valence-corrected chi connectivity index (χ4v) is 1.58. The van der Waals surface area contributed by atoms with E-state index in [4.69, 9.17) is 21.1 Å². The summed E-state index contributed by atoms with van der Waals surface area (Å²) in [6.45, 7) is 0. The molecule has 4 heteroatoms. The van der Waals surface area contributed by atoms with Gasteiger partial charge in [-0.05, 0) is 18.4 Å². The number of halogens is 1. The van der Waals surface area contributed by atoms with Crippen molar-refractivity contribution in [3.63, 3.8) is 0 Å². The van der Waals surface area contributed by atoms with E-state index in [-0.39, 0.29) is 17.4 Å². The third-order valence-corrected chi connectivity index (χ3v) is 2.56. The van der Waals surface area contributed by atoms with Crippen LogP contribution in [0.15, 0.2) is 47.8 Å². The number of hydrogen-bond donors (Lipinski definition) is 0. The van der Waals surface area contributed by atoms with Crippen LogP contribution in [0.4, 0.5) is 0 Å². The Hall–Kier alpha value is -1.48. The Morgan fingerprint density at radius 3 is 2.81 bits per heavy atom. The molecule has 0 saturated carbocycles. The van der Waals surface area contributed by atoms with Crippen molar-refractivity contribution in [1.29, 1.82) is 0 Å². The summed E-state index contributed by atoms with van der Waals surface area (Å²) in [4.78, 5) is 11.2. The van der Waals surface area contributed by atoms with E-state index in [9.17, 15) is 4.79 Å². The van der Waals surface area contributed by atoms with Gasteiger partial charge in [0.05, 0.1) is 5.88 Å². The number of alkyl halides is 1. The largest absolute Gasteiger partial charge is 0.457 e. The molecule has 0 saturated heterocycles. The van der Waals surface area contributed by atoms with Gasteiger partial charge in [0, 0.05) is 0 Å². The summed E-state index contributed by atoms with van der Waals surface area (Å²) in [7, 11) is 0. The van der Waals surface area contributed by atoms with Crippen LogP contribution in [0.5, 0.6) is 0 Å². The molecule has 1 heterocycles. The van der Waals surface area contributed by atoms with Crippen LogP contribution in [0, 0.1) is 0 Å². The van der Waals surface area contributed by atoms with E-state index < -0.39 is 0 Å². The lowest BCUT2D eigenvalue weighted by Crippen LogP contribution is -2.10. The van der Waals surface area contributed by atoms with Crippen LogP contribution in [0.1, 0.15) is 12.8 Å². The number of rotatable bonds is 3. The second kappa shape index (κ2) is 5.03. The van der Waals surface area contributed by atoms with E-state index in [1.54, 1.807) is 0 Å². The molecule has 3 nitrogen and oxygen atoms in total. The molecule has 0 atom stereocenters. The van der Waals surface area contributed by atoms with Gasteiger partial charge >= 0.3 is 0 Å². The summed E-state index contributed by atoms with van der Waals surface area (Å²) in [5.41, 5.74) is 1.07. The molecule has 0 bridgehead atoms. The first-order valence-corrected chi connectivity index (χ1v) is 5.53. The van der Waals surface area contributed by atoms with Gasteiger partial charge in [-0.3, -0.25) is 4.79 Å². The summed E-state index contributed by atoms with van der Waals surface area (Å²) < 4.78 is 10.5. The monoisotopic (exact) mass is 238 g/mol. The van der Waals surface area contributed by atoms with Gasteiger partial charge in [0.2, 0.25) is 11.5 Å². The van der Waals surface area contributed by atoms with E-state index in [0.29, 0.717) is 5.76 Å². The number of ketones is 1. The van der Waals surface area contributed by atoms with Crippen LogP contribution in [-0.4, -0.2) is 11.7 Å². The molecule has 0 unspecified atom stereocenters. The minimum absolute atomic E-state index is 0.107. The Bertz CT molecular complexity index is 416. The highest BCUT2D eigenvalue weighted by Gasteiger charge is 2.17. The molecule has 1 aliphatic heterocycles. The third-order valence-electron chi connectivity index (χ3n) is 2.31. The molecular formula is C12H11ClO3. The van der Waals surface area contributed by atoms with Gasteiger partial charge in [0.1, 0.15) is 12.5 Å².